The van der Waals surface area contributed by atoms with Gasteiger partial charge in [-0.1, -0.05) is 30.3 Å². The van der Waals surface area contributed by atoms with Gasteiger partial charge < -0.3 is 19.9 Å². The van der Waals surface area contributed by atoms with Crippen molar-refractivity contribution in [2.24, 2.45) is 0 Å². The average molecular weight is 295 g/mol. The fourth-order valence-electron chi connectivity index (χ4n) is 1.62. The molecule has 0 aliphatic rings. The summed E-state index contributed by atoms with van der Waals surface area (Å²) in [6, 6.07) is 8.69. The van der Waals surface area contributed by atoms with Crippen molar-refractivity contribution in [3.05, 3.63) is 35.9 Å². The van der Waals surface area contributed by atoms with Crippen molar-refractivity contribution in [2.45, 2.75) is 32.4 Å². The Balaban J connectivity index is 2.68. The SMILES string of the molecule is CC(C)(C)OC(=O)NC(COCC(=O)O)c1ccccc1. The number of aliphatic carboxylic acids is 1. The van der Waals surface area contributed by atoms with E-state index in [1.807, 2.05) is 30.3 Å². The molecule has 1 amide bonds. The van der Waals surface area contributed by atoms with Crippen molar-refractivity contribution < 1.29 is 24.2 Å². The molecule has 0 saturated carbocycles. The summed E-state index contributed by atoms with van der Waals surface area (Å²) in [4.78, 5) is 22.3. The third kappa shape index (κ3) is 7.31. The standard InChI is InChI=1S/C15H21NO5/c1-15(2,3)21-14(19)16-12(9-20-10-13(17)18)11-7-5-4-6-8-11/h4-8,12H,9-10H2,1-3H3,(H,16,19)(H,17,18). The number of carbonyl (C=O) groups excluding carboxylic acids is 1. The molecule has 1 unspecified atom stereocenters. The minimum atomic E-state index is -1.06. The molecule has 0 radical (unpaired) electrons. The van der Waals surface area contributed by atoms with E-state index in [9.17, 15) is 9.59 Å². The molecule has 116 valence electrons. The maximum atomic E-state index is 11.8. The Hall–Kier alpha value is -2.08. The minimum absolute atomic E-state index is 0.0511. The van der Waals surface area contributed by atoms with Crippen LogP contribution in [0.1, 0.15) is 32.4 Å². The number of rotatable bonds is 6. The molecule has 0 aliphatic carbocycles. The monoisotopic (exact) mass is 295 g/mol. The summed E-state index contributed by atoms with van der Waals surface area (Å²) in [5.74, 6) is -1.06. The first-order valence-corrected chi connectivity index (χ1v) is 6.62. The normalized spacial score (nSPS) is 12.5. The van der Waals surface area contributed by atoms with E-state index in [1.165, 1.54) is 0 Å². The molecule has 1 aromatic rings. The third-order valence-corrected chi connectivity index (χ3v) is 2.40. The van der Waals surface area contributed by atoms with E-state index in [2.05, 4.69) is 5.32 Å². The van der Waals surface area contributed by atoms with Gasteiger partial charge in [0.15, 0.2) is 0 Å². The molecule has 6 nitrogen and oxygen atoms in total. The lowest BCUT2D eigenvalue weighted by molar-refractivity contribution is -0.142. The van der Waals surface area contributed by atoms with Crippen LogP contribution in [0.2, 0.25) is 0 Å². The van der Waals surface area contributed by atoms with Crippen molar-refractivity contribution in [1.29, 1.82) is 0 Å². The van der Waals surface area contributed by atoms with E-state index in [1.54, 1.807) is 20.8 Å². The quantitative estimate of drug-likeness (QED) is 0.841. The van der Waals surface area contributed by atoms with Crippen LogP contribution >= 0.6 is 0 Å². The van der Waals surface area contributed by atoms with Gasteiger partial charge in [0.05, 0.1) is 12.6 Å². The van der Waals surface area contributed by atoms with Crippen LogP contribution in [-0.2, 0) is 14.3 Å². The molecule has 0 heterocycles. The van der Waals surface area contributed by atoms with Crippen molar-refractivity contribution in [3.63, 3.8) is 0 Å². The number of amides is 1. The zero-order valence-corrected chi connectivity index (χ0v) is 12.5. The molecule has 0 aromatic heterocycles. The minimum Gasteiger partial charge on any atom is -0.480 e. The van der Waals surface area contributed by atoms with Gasteiger partial charge in [0.2, 0.25) is 0 Å². The van der Waals surface area contributed by atoms with Crippen LogP contribution in [0.25, 0.3) is 0 Å². The number of benzene rings is 1. The van der Waals surface area contributed by atoms with Gasteiger partial charge in [0.1, 0.15) is 12.2 Å². The first kappa shape index (κ1) is 17.0. The molecular weight excluding hydrogens is 274 g/mol. The number of hydrogen-bond donors (Lipinski definition) is 2. The van der Waals surface area contributed by atoms with Crippen LogP contribution < -0.4 is 5.32 Å². The lowest BCUT2D eigenvalue weighted by Gasteiger charge is -2.23. The Morgan fingerprint density at radius 2 is 1.86 bits per heavy atom. The number of alkyl carbamates (subject to hydrolysis) is 1. The van der Waals surface area contributed by atoms with E-state index in [0.717, 1.165) is 5.56 Å². The Labute approximate surface area is 124 Å². The molecule has 0 bridgehead atoms. The molecule has 6 heteroatoms. The van der Waals surface area contributed by atoms with Gasteiger partial charge in [-0.15, -0.1) is 0 Å². The second kappa shape index (κ2) is 7.64. The topological polar surface area (TPSA) is 84.9 Å². The zero-order valence-electron chi connectivity index (χ0n) is 12.5. The summed E-state index contributed by atoms with van der Waals surface area (Å²) in [7, 11) is 0. The molecule has 0 fully saturated rings. The van der Waals surface area contributed by atoms with E-state index in [4.69, 9.17) is 14.6 Å². The summed E-state index contributed by atoms with van der Waals surface area (Å²) >= 11 is 0. The lowest BCUT2D eigenvalue weighted by atomic mass is 10.1. The highest BCUT2D eigenvalue weighted by atomic mass is 16.6. The van der Waals surface area contributed by atoms with Crippen molar-refractivity contribution in [1.82, 2.24) is 5.32 Å². The zero-order chi connectivity index (χ0) is 15.9. The Morgan fingerprint density at radius 1 is 1.24 bits per heavy atom. The number of nitrogens with one attached hydrogen (secondary N) is 1. The summed E-state index contributed by atoms with van der Waals surface area (Å²) < 4.78 is 10.3. The second-order valence-electron chi connectivity index (χ2n) is 5.52. The third-order valence-electron chi connectivity index (χ3n) is 2.40. The average Bonchev–Trinajstić information content (AvgIpc) is 2.36. The molecule has 0 spiro atoms. The molecule has 0 saturated heterocycles. The lowest BCUT2D eigenvalue weighted by Crippen LogP contribution is -2.36. The van der Waals surface area contributed by atoms with E-state index in [0.29, 0.717) is 0 Å². The first-order chi connectivity index (χ1) is 9.78. The Morgan fingerprint density at radius 3 is 2.38 bits per heavy atom. The van der Waals surface area contributed by atoms with Crippen molar-refractivity contribution >= 4 is 12.1 Å². The Kier molecular flexibility index (Phi) is 6.17. The largest absolute Gasteiger partial charge is 0.480 e. The van der Waals surface area contributed by atoms with E-state index >= 15 is 0 Å². The van der Waals surface area contributed by atoms with Crippen LogP contribution in [0, 0.1) is 0 Å². The van der Waals surface area contributed by atoms with Gasteiger partial charge in [-0.3, -0.25) is 0 Å². The Bertz CT molecular complexity index is 467. The predicted molar refractivity (Wildman–Crippen MR) is 77.0 cm³/mol. The number of carboxylic acids is 1. The number of carbonyl (C=O) groups is 2. The van der Waals surface area contributed by atoms with Gasteiger partial charge in [-0.25, -0.2) is 9.59 Å². The van der Waals surface area contributed by atoms with Crippen molar-refractivity contribution in [2.75, 3.05) is 13.2 Å². The predicted octanol–water partition coefficient (Wildman–Crippen LogP) is 2.35. The van der Waals surface area contributed by atoms with Crippen LogP contribution in [0.15, 0.2) is 30.3 Å². The molecule has 21 heavy (non-hydrogen) atoms. The molecule has 0 aliphatic heterocycles. The van der Waals surface area contributed by atoms with Crippen LogP contribution in [-0.4, -0.2) is 36.0 Å². The number of ether oxygens (including phenoxy) is 2. The second-order valence-corrected chi connectivity index (χ2v) is 5.52. The highest BCUT2D eigenvalue weighted by Crippen LogP contribution is 2.15. The summed E-state index contributed by atoms with van der Waals surface area (Å²) in [5, 5.41) is 11.3. The molecule has 1 aromatic carbocycles. The van der Waals surface area contributed by atoms with Crippen LogP contribution in [0.4, 0.5) is 4.79 Å². The highest BCUT2D eigenvalue weighted by Gasteiger charge is 2.20. The van der Waals surface area contributed by atoms with Crippen LogP contribution in [0.5, 0.6) is 0 Å². The smallest absolute Gasteiger partial charge is 0.408 e. The van der Waals surface area contributed by atoms with Gasteiger partial charge in [-0.2, -0.15) is 0 Å². The van der Waals surface area contributed by atoms with Crippen molar-refractivity contribution in [3.8, 4) is 0 Å². The van der Waals surface area contributed by atoms with E-state index < -0.39 is 30.3 Å². The fraction of sp³-hybridized carbons (Fsp3) is 0.467. The molecule has 1 atom stereocenters. The molecule has 2 N–H and O–H groups in total. The fourth-order valence-corrected chi connectivity index (χ4v) is 1.62. The van der Waals surface area contributed by atoms with Gasteiger partial charge in [0.25, 0.3) is 0 Å². The van der Waals surface area contributed by atoms with Gasteiger partial charge >= 0.3 is 12.1 Å². The maximum Gasteiger partial charge on any atom is 0.408 e. The van der Waals surface area contributed by atoms with Gasteiger partial charge in [-0.05, 0) is 26.3 Å². The van der Waals surface area contributed by atoms with Gasteiger partial charge in [0, 0.05) is 0 Å². The maximum absolute atomic E-state index is 11.8. The summed E-state index contributed by atoms with van der Waals surface area (Å²) in [5.41, 5.74) is 0.210. The number of hydrogen-bond acceptors (Lipinski definition) is 4. The summed E-state index contributed by atoms with van der Waals surface area (Å²) in [6.07, 6.45) is -0.574. The molecular formula is C15H21NO5. The highest BCUT2D eigenvalue weighted by molar-refractivity contribution is 5.69. The summed E-state index contributed by atoms with van der Waals surface area (Å²) in [6.45, 7) is 4.94. The number of carboxylic acid groups (broad SMARTS) is 1. The van der Waals surface area contributed by atoms with E-state index in [-0.39, 0.29) is 6.61 Å². The first-order valence-electron chi connectivity index (χ1n) is 6.62. The van der Waals surface area contributed by atoms with Crippen LogP contribution in [0.3, 0.4) is 0 Å². The molecule has 1 rings (SSSR count).